The molecule has 3 nitrogen and oxygen atoms in total. The number of furan rings is 1. The highest BCUT2D eigenvalue weighted by Crippen LogP contribution is 2.43. The van der Waals surface area contributed by atoms with Crippen LogP contribution in [0.1, 0.15) is 0 Å². The quantitative estimate of drug-likeness (QED) is 0.149. The summed E-state index contributed by atoms with van der Waals surface area (Å²) in [5.41, 5.74) is 15.6. The topological polar surface area (TPSA) is 21.3 Å². The zero-order valence-electron chi connectivity index (χ0n) is 35.4. The standard InChI is InChI=1S/C62H40N2O/c1-2-19-50-45(14-1)40-57(53-21-4-3-20-52(50)53)44-16-12-17-48(39-44)63(47-36-32-42(33-37-47)51-25-13-29-61-62(51)56-24-7-10-28-60(56)65-61)46-34-30-41(31-35-46)43-15-11-18-49(38-43)64-58-26-8-5-22-54(58)55-23-6-9-27-59(55)64/h1-40H. The van der Waals surface area contributed by atoms with Crippen LogP contribution < -0.4 is 4.90 Å². The van der Waals surface area contributed by atoms with Crippen LogP contribution >= 0.6 is 0 Å². The van der Waals surface area contributed by atoms with Crippen LogP contribution in [0.3, 0.4) is 0 Å². The van der Waals surface area contributed by atoms with Gasteiger partial charge >= 0.3 is 0 Å². The van der Waals surface area contributed by atoms with Crippen molar-refractivity contribution in [1.82, 2.24) is 4.57 Å². The average Bonchev–Trinajstić information content (AvgIpc) is 3.93. The first kappa shape index (κ1) is 36.9. The van der Waals surface area contributed by atoms with Gasteiger partial charge in [0, 0.05) is 44.3 Å². The Morgan fingerprint density at radius 3 is 1.63 bits per heavy atom. The fraction of sp³-hybridized carbons (Fsp3) is 0. The van der Waals surface area contributed by atoms with Crippen LogP contribution in [-0.2, 0) is 0 Å². The molecule has 0 spiro atoms. The van der Waals surface area contributed by atoms with Crippen LogP contribution in [0.15, 0.2) is 247 Å². The minimum absolute atomic E-state index is 0.896. The number of hydrogen-bond donors (Lipinski definition) is 0. The number of benzene rings is 11. The largest absolute Gasteiger partial charge is 0.456 e. The monoisotopic (exact) mass is 828 g/mol. The van der Waals surface area contributed by atoms with Gasteiger partial charge in [-0.15, -0.1) is 0 Å². The lowest BCUT2D eigenvalue weighted by molar-refractivity contribution is 0.669. The lowest BCUT2D eigenvalue weighted by Gasteiger charge is -2.26. The van der Waals surface area contributed by atoms with E-state index in [0.29, 0.717) is 0 Å². The van der Waals surface area contributed by atoms with E-state index < -0.39 is 0 Å². The fourth-order valence-electron chi connectivity index (χ4n) is 10.2. The van der Waals surface area contributed by atoms with E-state index in [-0.39, 0.29) is 0 Å². The third kappa shape index (κ3) is 6.12. The smallest absolute Gasteiger partial charge is 0.136 e. The molecule has 0 N–H and O–H groups in total. The second kappa shape index (κ2) is 15.0. The molecule has 0 bridgehead atoms. The summed E-state index contributed by atoms with van der Waals surface area (Å²) in [7, 11) is 0. The number of aromatic nitrogens is 1. The summed E-state index contributed by atoms with van der Waals surface area (Å²) in [5.74, 6) is 0. The molecule has 0 radical (unpaired) electrons. The third-order valence-electron chi connectivity index (χ3n) is 13.2. The van der Waals surface area contributed by atoms with E-state index in [1.807, 2.05) is 12.1 Å². The molecule has 2 heterocycles. The van der Waals surface area contributed by atoms with Gasteiger partial charge in [0.05, 0.1) is 11.0 Å². The molecule has 0 saturated carbocycles. The summed E-state index contributed by atoms with van der Waals surface area (Å²) in [6.07, 6.45) is 0. The SMILES string of the molecule is c1cc(-c2cc3ccccc3c3ccccc23)cc(N(c2ccc(-c3cccc(-n4c5ccccc5c5ccccc54)c3)cc2)c2ccc(-c3cccc4oc5ccccc5c34)cc2)c1. The summed E-state index contributed by atoms with van der Waals surface area (Å²) in [5, 5.41) is 9.79. The Balaban J connectivity index is 0.930. The third-order valence-corrected chi connectivity index (χ3v) is 13.2. The zero-order chi connectivity index (χ0) is 42.8. The second-order valence-electron chi connectivity index (χ2n) is 16.9. The van der Waals surface area contributed by atoms with Crippen molar-refractivity contribution in [3.63, 3.8) is 0 Å². The van der Waals surface area contributed by atoms with Crippen LogP contribution in [0.25, 0.3) is 104 Å². The van der Waals surface area contributed by atoms with Gasteiger partial charge in [0.15, 0.2) is 0 Å². The molecule has 11 aromatic carbocycles. The highest BCUT2D eigenvalue weighted by Gasteiger charge is 2.18. The molecule has 13 rings (SSSR count). The molecule has 2 aromatic heterocycles. The first-order valence-corrected chi connectivity index (χ1v) is 22.2. The van der Waals surface area contributed by atoms with Crippen LogP contribution in [0.5, 0.6) is 0 Å². The van der Waals surface area contributed by atoms with E-state index >= 15 is 0 Å². The Labute approximate surface area is 376 Å². The molecule has 0 aliphatic heterocycles. The lowest BCUT2D eigenvalue weighted by atomic mass is 9.93. The molecule has 304 valence electrons. The van der Waals surface area contributed by atoms with E-state index in [2.05, 4.69) is 240 Å². The molecule has 0 saturated heterocycles. The Morgan fingerprint density at radius 1 is 0.308 bits per heavy atom. The summed E-state index contributed by atoms with van der Waals surface area (Å²) in [6.45, 7) is 0. The lowest BCUT2D eigenvalue weighted by Crippen LogP contribution is -2.10. The van der Waals surface area contributed by atoms with Crippen LogP contribution in [-0.4, -0.2) is 4.57 Å². The van der Waals surface area contributed by atoms with Gasteiger partial charge in [0.25, 0.3) is 0 Å². The van der Waals surface area contributed by atoms with E-state index in [1.54, 1.807) is 0 Å². The van der Waals surface area contributed by atoms with Gasteiger partial charge < -0.3 is 13.9 Å². The Bertz CT molecular complexity index is 3900. The maximum atomic E-state index is 6.28. The van der Waals surface area contributed by atoms with Crippen LogP contribution in [0, 0.1) is 0 Å². The van der Waals surface area contributed by atoms with Crippen molar-refractivity contribution in [2.75, 3.05) is 4.90 Å². The first-order valence-electron chi connectivity index (χ1n) is 22.2. The molecule has 3 heteroatoms. The Kier molecular flexibility index (Phi) is 8.53. The van der Waals surface area contributed by atoms with Crippen LogP contribution in [0.4, 0.5) is 17.1 Å². The Morgan fingerprint density at radius 2 is 0.877 bits per heavy atom. The van der Waals surface area contributed by atoms with Crippen LogP contribution in [0.2, 0.25) is 0 Å². The first-order chi connectivity index (χ1) is 32.2. The number of nitrogens with zero attached hydrogens (tertiary/aromatic N) is 2. The number of rotatable bonds is 7. The van der Waals surface area contributed by atoms with E-state index in [1.165, 1.54) is 54.5 Å². The number of fused-ring (bicyclic) bond motifs is 9. The molecular formula is C62H40N2O. The van der Waals surface area contributed by atoms with Crippen molar-refractivity contribution in [2.24, 2.45) is 0 Å². The summed E-state index contributed by atoms with van der Waals surface area (Å²) < 4.78 is 8.67. The van der Waals surface area contributed by atoms with E-state index in [4.69, 9.17) is 4.42 Å². The Hall–Kier alpha value is -8.66. The van der Waals surface area contributed by atoms with Crippen molar-refractivity contribution in [1.29, 1.82) is 0 Å². The maximum absolute atomic E-state index is 6.28. The number of para-hydroxylation sites is 3. The molecule has 0 amide bonds. The average molecular weight is 829 g/mol. The normalized spacial score (nSPS) is 11.7. The predicted octanol–water partition coefficient (Wildman–Crippen LogP) is 17.5. The van der Waals surface area contributed by atoms with Crippen molar-refractivity contribution < 1.29 is 4.42 Å². The number of hydrogen-bond acceptors (Lipinski definition) is 2. The van der Waals surface area contributed by atoms with Gasteiger partial charge in [-0.2, -0.15) is 0 Å². The highest BCUT2D eigenvalue weighted by molar-refractivity contribution is 6.15. The molecular weight excluding hydrogens is 789 g/mol. The van der Waals surface area contributed by atoms with Crippen molar-refractivity contribution in [3.8, 4) is 39.1 Å². The molecule has 0 atom stereocenters. The van der Waals surface area contributed by atoms with E-state index in [9.17, 15) is 0 Å². The molecule has 65 heavy (non-hydrogen) atoms. The van der Waals surface area contributed by atoms with Gasteiger partial charge in [-0.05, 0) is 134 Å². The van der Waals surface area contributed by atoms with Gasteiger partial charge in [-0.3, -0.25) is 0 Å². The summed E-state index contributed by atoms with van der Waals surface area (Å²) in [4.78, 5) is 2.38. The highest BCUT2D eigenvalue weighted by atomic mass is 16.3. The van der Waals surface area contributed by atoms with Crippen molar-refractivity contribution in [3.05, 3.63) is 243 Å². The fourth-order valence-corrected chi connectivity index (χ4v) is 10.2. The molecule has 0 unspecified atom stereocenters. The van der Waals surface area contributed by atoms with Gasteiger partial charge in [0.2, 0.25) is 0 Å². The molecule has 0 aliphatic rings. The number of anilines is 3. The second-order valence-corrected chi connectivity index (χ2v) is 16.9. The van der Waals surface area contributed by atoms with Gasteiger partial charge in [-0.1, -0.05) is 164 Å². The predicted molar refractivity (Wildman–Crippen MR) is 274 cm³/mol. The van der Waals surface area contributed by atoms with E-state index in [0.717, 1.165) is 66.9 Å². The van der Waals surface area contributed by atoms with Gasteiger partial charge in [-0.25, -0.2) is 0 Å². The summed E-state index contributed by atoms with van der Waals surface area (Å²) in [6, 6.07) is 87.8. The van der Waals surface area contributed by atoms with Crippen molar-refractivity contribution in [2.45, 2.75) is 0 Å². The minimum atomic E-state index is 0.896. The molecule has 13 aromatic rings. The minimum Gasteiger partial charge on any atom is -0.456 e. The zero-order valence-corrected chi connectivity index (χ0v) is 35.4. The van der Waals surface area contributed by atoms with Crippen molar-refractivity contribution >= 4 is 82.4 Å². The maximum Gasteiger partial charge on any atom is 0.136 e. The van der Waals surface area contributed by atoms with Gasteiger partial charge in [0.1, 0.15) is 11.2 Å². The molecule has 0 fully saturated rings. The summed E-state index contributed by atoms with van der Waals surface area (Å²) >= 11 is 0. The molecule has 0 aliphatic carbocycles.